The number of aliphatic carboxylic acids is 1. The number of benzene rings is 2. The summed E-state index contributed by atoms with van der Waals surface area (Å²) in [5.74, 6) is -0.841. The Balaban J connectivity index is 2.10. The molecule has 0 fully saturated rings. The van der Waals surface area contributed by atoms with Gasteiger partial charge < -0.3 is 24.6 Å². The Labute approximate surface area is 192 Å². The van der Waals surface area contributed by atoms with Gasteiger partial charge >= 0.3 is 18.2 Å². The molecule has 176 valence electrons. The van der Waals surface area contributed by atoms with Crippen molar-refractivity contribution >= 4 is 24.2 Å². The minimum absolute atomic E-state index is 0.00257. The van der Waals surface area contributed by atoms with Crippen molar-refractivity contribution < 1.29 is 33.7 Å². The summed E-state index contributed by atoms with van der Waals surface area (Å²) in [4.78, 5) is 35.6. The highest BCUT2D eigenvalue weighted by Gasteiger charge is 2.17. The Morgan fingerprint density at radius 2 is 1.73 bits per heavy atom. The van der Waals surface area contributed by atoms with E-state index in [2.05, 4.69) is 10.6 Å². The van der Waals surface area contributed by atoms with Crippen LogP contribution in [0.1, 0.15) is 37.5 Å². The molecule has 2 rings (SSSR count). The highest BCUT2D eigenvalue weighted by molar-refractivity contribution is 5.95. The first kappa shape index (κ1) is 25.3. The minimum Gasteiger partial charge on any atom is -0.496 e. The van der Waals surface area contributed by atoms with Crippen molar-refractivity contribution in [2.45, 2.75) is 39.5 Å². The summed E-state index contributed by atoms with van der Waals surface area (Å²) < 4.78 is 15.6. The van der Waals surface area contributed by atoms with E-state index < -0.39 is 23.8 Å². The molecular formula is C24H28N2O7. The summed E-state index contributed by atoms with van der Waals surface area (Å²) in [6, 6.07) is 13.9. The van der Waals surface area contributed by atoms with Crippen molar-refractivity contribution in [2.24, 2.45) is 0 Å². The first-order chi connectivity index (χ1) is 15.6. The molecule has 0 atom stereocenters. The number of carbonyl (C=O) groups excluding carboxylic acids is 2. The molecule has 0 saturated heterocycles. The average Bonchev–Trinajstić information content (AvgIpc) is 2.75. The van der Waals surface area contributed by atoms with Crippen LogP contribution < -0.4 is 15.4 Å². The standard InChI is InChI=1S/C24H28N2O7/c1-24(2,3)33-22(29)25-14-18-12-17(10-11-20(18)31-4)13-19(21(27)28)26-23(30)32-15-16-8-6-5-7-9-16/h5-13H,14-15H2,1-4H3,(H,25,29)(H,26,30)(H,27,28)/b19-13+. The van der Waals surface area contributed by atoms with Gasteiger partial charge in [-0.2, -0.15) is 0 Å². The maximum absolute atomic E-state index is 12.1. The molecule has 9 heteroatoms. The molecule has 0 saturated carbocycles. The third-order valence-electron chi connectivity index (χ3n) is 4.12. The normalized spacial score (nSPS) is 11.3. The number of carboxylic acid groups (broad SMARTS) is 1. The molecule has 0 aromatic heterocycles. The third kappa shape index (κ3) is 8.94. The van der Waals surface area contributed by atoms with E-state index >= 15 is 0 Å². The number of hydrogen-bond donors (Lipinski definition) is 3. The Morgan fingerprint density at radius 3 is 2.33 bits per heavy atom. The van der Waals surface area contributed by atoms with Gasteiger partial charge in [-0.05, 0) is 50.1 Å². The topological polar surface area (TPSA) is 123 Å². The largest absolute Gasteiger partial charge is 0.496 e. The minimum atomic E-state index is -1.34. The molecule has 3 N–H and O–H groups in total. The number of carbonyl (C=O) groups is 3. The van der Waals surface area contributed by atoms with Crippen molar-refractivity contribution in [2.75, 3.05) is 7.11 Å². The Kier molecular flexibility index (Phi) is 8.85. The third-order valence-corrected chi connectivity index (χ3v) is 4.12. The molecule has 0 bridgehead atoms. The molecule has 33 heavy (non-hydrogen) atoms. The fourth-order valence-corrected chi connectivity index (χ4v) is 2.70. The van der Waals surface area contributed by atoms with Gasteiger partial charge in [-0.25, -0.2) is 14.4 Å². The second kappa shape index (κ2) is 11.6. The van der Waals surface area contributed by atoms with E-state index in [1.54, 1.807) is 63.2 Å². The molecule has 2 amide bonds. The lowest BCUT2D eigenvalue weighted by atomic mass is 10.1. The van der Waals surface area contributed by atoms with Crippen LogP contribution in [0.2, 0.25) is 0 Å². The smallest absolute Gasteiger partial charge is 0.412 e. The first-order valence-electron chi connectivity index (χ1n) is 10.1. The molecule has 0 aliphatic rings. The fourth-order valence-electron chi connectivity index (χ4n) is 2.70. The monoisotopic (exact) mass is 456 g/mol. The van der Waals surface area contributed by atoms with Gasteiger partial charge in [0.1, 0.15) is 23.7 Å². The van der Waals surface area contributed by atoms with E-state index in [1.165, 1.54) is 13.2 Å². The van der Waals surface area contributed by atoms with E-state index in [0.717, 1.165) is 5.56 Å². The number of carboxylic acids is 1. The van der Waals surface area contributed by atoms with Gasteiger partial charge in [0.25, 0.3) is 0 Å². The van der Waals surface area contributed by atoms with E-state index in [-0.39, 0.29) is 18.8 Å². The number of methoxy groups -OCH3 is 1. The summed E-state index contributed by atoms with van der Waals surface area (Å²) >= 11 is 0. The lowest BCUT2D eigenvalue weighted by Crippen LogP contribution is -2.32. The summed E-state index contributed by atoms with van der Waals surface area (Å²) in [7, 11) is 1.48. The Bertz CT molecular complexity index is 1010. The number of rotatable bonds is 8. The zero-order chi connectivity index (χ0) is 24.4. The average molecular weight is 456 g/mol. The highest BCUT2D eigenvalue weighted by Crippen LogP contribution is 2.21. The molecule has 0 spiro atoms. The lowest BCUT2D eigenvalue weighted by Gasteiger charge is -2.20. The predicted octanol–water partition coefficient (Wildman–Crippen LogP) is 4.07. The molecule has 0 radical (unpaired) electrons. The molecule has 2 aromatic rings. The zero-order valence-corrected chi connectivity index (χ0v) is 19.0. The van der Waals surface area contributed by atoms with Crippen LogP contribution in [-0.4, -0.2) is 36.0 Å². The summed E-state index contributed by atoms with van der Waals surface area (Å²) in [5.41, 5.74) is 0.816. The Morgan fingerprint density at radius 1 is 1.03 bits per heavy atom. The summed E-state index contributed by atoms with van der Waals surface area (Å²) in [6.07, 6.45) is -0.213. The maximum atomic E-state index is 12.1. The lowest BCUT2D eigenvalue weighted by molar-refractivity contribution is -0.132. The van der Waals surface area contributed by atoms with Crippen LogP contribution in [0.3, 0.4) is 0 Å². The van der Waals surface area contributed by atoms with E-state index in [0.29, 0.717) is 16.9 Å². The molecule has 0 unspecified atom stereocenters. The number of ether oxygens (including phenoxy) is 3. The van der Waals surface area contributed by atoms with Gasteiger partial charge in [-0.15, -0.1) is 0 Å². The quantitative estimate of drug-likeness (QED) is 0.512. The molecule has 0 heterocycles. The van der Waals surface area contributed by atoms with Crippen molar-refractivity contribution in [1.29, 1.82) is 0 Å². The molecule has 0 aliphatic heterocycles. The van der Waals surface area contributed by atoms with Crippen LogP contribution in [0, 0.1) is 0 Å². The van der Waals surface area contributed by atoms with E-state index in [1.807, 2.05) is 6.07 Å². The molecular weight excluding hydrogens is 428 g/mol. The second-order valence-electron chi connectivity index (χ2n) is 7.98. The fraction of sp³-hybridized carbons (Fsp3) is 0.292. The van der Waals surface area contributed by atoms with Crippen LogP contribution in [-0.2, 0) is 27.4 Å². The summed E-state index contributed by atoms with van der Waals surface area (Å²) in [5, 5.41) is 14.4. The molecule has 2 aromatic carbocycles. The van der Waals surface area contributed by atoms with Crippen LogP contribution in [0.5, 0.6) is 5.75 Å². The number of alkyl carbamates (subject to hydrolysis) is 2. The Hall–Kier alpha value is -4.01. The van der Waals surface area contributed by atoms with Gasteiger partial charge in [0, 0.05) is 12.1 Å². The first-order valence-corrected chi connectivity index (χ1v) is 10.1. The van der Waals surface area contributed by atoms with Gasteiger partial charge in [0.15, 0.2) is 0 Å². The van der Waals surface area contributed by atoms with Crippen molar-refractivity contribution in [1.82, 2.24) is 10.6 Å². The van der Waals surface area contributed by atoms with Gasteiger partial charge in [-0.1, -0.05) is 36.4 Å². The molecule has 0 aliphatic carbocycles. The van der Waals surface area contributed by atoms with Gasteiger partial charge in [0.2, 0.25) is 0 Å². The van der Waals surface area contributed by atoms with Crippen LogP contribution >= 0.6 is 0 Å². The second-order valence-corrected chi connectivity index (χ2v) is 7.98. The number of hydrogen-bond acceptors (Lipinski definition) is 6. The van der Waals surface area contributed by atoms with Crippen LogP contribution in [0.15, 0.2) is 54.2 Å². The van der Waals surface area contributed by atoms with Gasteiger partial charge in [-0.3, -0.25) is 5.32 Å². The van der Waals surface area contributed by atoms with Crippen molar-refractivity contribution in [3.05, 3.63) is 70.9 Å². The van der Waals surface area contributed by atoms with E-state index in [4.69, 9.17) is 14.2 Å². The van der Waals surface area contributed by atoms with Crippen molar-refractivity contribution in [3.63, 3.8) is 0 Å². The number of amides is 2. The number of nitrogens with one attached hydrogen (secondary N) is 2. The van der Waals surface area contributed by atoms with Crippen molar-refractivity contribution in [3.8, 4) is 5.75 Å². The van der Waals surface area contributed by atoms with Crippen LogP contribution in [0.25, 0.3) is 6.08 Å². The predicted molar refractivity (Wildman–Crippen MR) is 121 cm³/mol. The highest BCUT2D eigenvalue weighted by atomic mass is 16.6. The summed E-state index contributed by atoms with van der Waals surface area (Å²) in [6.45, 7) is 5.36. The molecule has 9 nitrogen and oxygen atoms in total. The SMILES string of the molecule is COc1ccc(/C=C(/NC(=O)OCc2ccccc2)C(=O)O)cc1CNC(=O)OC(C)(C)C. The maximum Gasteiger partial charge on any atom is 0.412 e. The zero-order valence-electron chi connectivity index (χ0n) is 19.0. The van der Waals surface area contributed by atoms with Crippen LogP contribution in [0.4, 0.5) is 9.59 Å². The van der Waals surface area contributed by atoms with Gasteiger partial charge in [0.05, 0.1) is 7.11 Å². The van der Waals surface area contributed by atoms with E-state index in [9.17, 15) is 19.5 Å².